The molecule has 4 aromatic heterocycles. The van der Waals surface area contributed by atoms with Gasteiger partial charge in [-0.3, -0.25) is 4.98 Å². The first-order valence-electron chi connectivity index (χ1n) is 21.7. The zero-order valence-corrected chi connectivity index (χ0v) is 41.1. The zero-order valence-electron chi connectivity index (χ0n) is 37.7. The van der Waals surface area contributed by atoms with Crippen LogP contribution in [-0.2, 0) is 33.6 Å². The maximum absolute atomic E-state index is 6.49. The van der Waals surface area contributed by atoms with Crippen LogP contribution in [0, 0.1) is 18.1 Å². The maximum Gasteiger partial charge on any atom is 0.195 e. The van der Waals surface area contributed by atoms with Crippen molar-refractivity contribution < 1.29 is 29.1 Å². The molecule has 317 valence electrons. The molecule has 7 heteroatoms. The van der Waals surface area contributed by atoms with Crippen molar-refractivity contribution in [1.82, 2.24) is 14.5 Å². The molecule has 0 saturated carbocycles. The molecular formula is C55H57IrN4OSi-. The van der Waals surface area contributed by atoms with Gasteiger partial charge in [0, 0.05) is 43.4 Å². The maximum atomic E-state index is 6.49. The molecule has 5 nitrogen and oxygen atoms in total. The van der Waals surface area contributed by atoms with Crippen LogP contribution in [0.15, 0.2) is 138 Å². The van der Waals surface area contributed by atoms with Crippen LogP contribution in [0.3, 0.4) is 0 Å². The molecule has 0 aliphatic heterocycles. The van der Waals surface area contributed by atoms with E-state index in [0.29, 0.717) is 17.8 Å². The van der Waals surface area contributed by atoms with Crippen LogP contribution in [0.25, 0.3) is 72.4 Å². The number of hydrogen-bond acceptors (Lipinski definition) is 3. The number of hydrogen-bond donors (Lipinski definition) is 0. The standard InChI is InChI=1S/C37H33N3O.C18H24NSi.Ir/c1-23(2)30-20-26(25-12-7-6-8-13-25)21-31(24(3)4)35(30)40-33-18-19-39(5)22-32(33)38-37(40)29-16-11-15-28-27-14-9-10-17-34(27)41-36(28)29;1-14(2)11-16-12-17(15-9-7-6-8-10-15)19-13-18(16)20(3,4)5;/h6-15,17-24H,1-5H3;6-9,12-14H,11H2,1-5H3;/q;-1;. The molecule has 4 heterocycles. The van der Waals surface area contributed by atoms with Crippen molar-refractivity contribution in [2.75, 3.05) is 0 Å². The van der Waals surface area contributed by atoms with Gasteiger partial charge < -0.3 is 14.0 Å². The second-order valence-corrected chi connectivity index (χ2v) is 23.4. The summed E-state index contributed by atoms with van der Waals surface area (Å²) < 4.78 is 10.9. The van der Waals surface area contributed by atoms with E-state index in [-0.39, 0.29) is 20.1 Å². The van der Waals surface area contributed by atoms with E-state index in [4.69, 9.17) is 9.40 Å². The van der Waals surface area contributed by atoms with E-state index < -0.39 is 8.07 Å². The minimum Gasteiger partial charge on any atom is -0.501 e. The summed E-state index contributed by atoms with van der Waals surface area (Å²) in [5.74, 6) is 2.09. The van der Waals surface area contributed by atoms with Gasteiger partial charge in [0.25, 0.3) is 0 Å². The van der Waals surface area contributed by atoms with E-state index in [0.717, 1.165) is 62.0 Å². The molecule has 0 spiro atoms. The van der Waals surface area contributed by atoms with E-state index in [1.807, 2.05) is 43.4 Å². The summed E-state index contributed by atoms with van der Waals surface area (Å²) >= 11 is 0. The second kappa shape index (κ2) is 18.5. The molecule has 0 fully saturated rings. The predicted octanol–water partition coefficient (Wildman–Crippen LogP) is 13.4. The summed E-state index contributed by atoms with van der Waals surface area (Å²) in [6, 6.07) is 47.0. The normalized spacial score (nSPS) is 11.8. The minimum absolute atomic E-state index is 0. The number of nitrogens with zero attached hydrogens (tertiary/aromatic N) is 4. The third-order valence-electron chi connectivity index (χ3n) is 11.5. The van der Waals surface area contributed by atoms with Gasteiger partial charge in [0.2, 0.25) is 0 Å². The fraction of sp³-hybridized carbons (Fsp3) is 0.255. The van der Waals surface area contributed by atoms with E-state index >= 15 is 0 Å². The Kier molecular flexibility index (Phi) is 13.3. The molecule has 0 N–H and O–H groups in total. The monoisotopic (exact) mass is 1010 g/mol. The summed E-state index contributed by atoms with van der Waals surface area (Å²) in [6.07, 6.45) is 7.43. The van der Waals surface area contributed by atoms with E-state index in [9.17, 15) is 0 Å². The first-order valence-corrected chi connectivity index (χ1v) is 25.2. The van der Waals surface area contributed by atoms with E-state index in [1.54, 1.807) is 0 Å². The Balaban J connectivity index is 0.000000233. The Morgan fingerprint density at radius 1 is 0.742 bits per heavy atom. The van der Waals surface area contributed by atoms with Gasteiger partial charge in [-0.05, 0) is 75.5 Å². The molecule has 1 radical (unpaired) electrons. The molecule has 0 bridgehead atoms. The Hall–Kier alpha value is -5.46. The van der Waals surface area contributed by atoms with Crippen LogP contribution < -0.4 is 9.75 Å². The van der Waals surface area contributed by atoms with Crippen LogP contribution in [0.5, 0.6) is 0 Å². The van der Waals surface area contributed by atoms with Gasteiger partial charge >= 0.3 is 0 Å². The Bertz CT molecular complexity index is 2950. The molecule has 9 rings (SSSR count). The topological polar surface area (TPSA) is 47.7 Å². The van der Waals surface area contributed by atoms with Gasteiger partial charge in [0.15, 0.2) is 12.4 Å². The molecule has 0 unspecified atom stereocenters. The summed E-state index contributed by atoms with van der Waals surface area (Å²) in [6.45, 7) is 20.9. The summed E-state index contributed by atoms with van der Waals surface area (Å²) in [5.41, 5.74) is 14.4. The number of pyridine rings is 2. The zero-order chi connectivity index (χ0) is 43.0. The van der Waals surface area contributed by atoms with Gasteiger partial charge in [-0.2, -0.15) is 0 Å². The molecule has 0 amide bonds. The van der Waals surface area contributed by atoms with Crippen LogP contribution >= 0.6 is 0 Å². The molecule has 0 saturated heterocycles. The number of imidazole rings is 1. The smallest absolute Gasteiger partial charge is 0.195 e. The number of fused-ring (bicyclic) bond motifs is 4. The molecular weight excluding hydrogens is 953 g/mol. The fourth-order valence-corrected chi connectivity index (χ4v) is 10.1. The Morgan fingerprint density at radius 2 is 1.44 bits per heavy atom. The number of aryl methyl sites for hydroxylation is 1. The number of para-hydroxylation sites is 1. The van der Waals surface area contributed by atoms with Gasteiger partial charge in [-0.15, -0.1) is 54.1 Å². The predicted molar refractivity (Wildman–Crippen MR) is 257 cm³/mol. The van der Waals surface area contributed by atoms with Crippen molar-refractivity contribution in [2.24, 2.45) is 13.0 Å². The SMILES string of the molecule is CC(C)Cc1cc(-c2[c-]cccc2)ncc1[Si](C)(C)C.CC(C)c1cc(-c2ccccc2)cc(C(C)C)c1-n1c(-c2[c-]ccc3c2oc2ccccc23)nc2c[n+](C)ccc21.[Ir]. The molecule has 5 aromatic carbocycles. The summed E-state index contributed by atoms with van der Waals surface area (Å²) in [7, 11) is 0.698. The van der Waals surface area contributed by atoms with Crippen LogP contribution in [0.4, 0.5) is 0 Å². The van der Waals surface area contributed by atoms with Gasteiger partial charge in [0.1, 0.15) is 18.1 Å². The summed E-state index contributed by atoms with van der Waals surface area (Å²) in [4.78, 5) is 9.96. The number of benzene rings is 5. The second-order valence-electron chi connectivity index (χ2n) is 18.4. The Labute approximate surface area is 382 Å². The average molecular weight is 1010 g/mol. The van der Waals surface area contributed by atoms with Gasteiger partial charge in [0.05, 0.1) is 25.0 Å². The van der Waals surface area contributed by atoms with Crippen molar-refractivity contribution in [3.8, 4) is 39.5 Å². The number of rotatable bonds is 9. The van der Waals surface area contributed by atoms with Gasteiger partial charge in [-0.1, -0.05) is 132 Å². The van der Waals surface area contributed by atoms with Crippen molar-refractivity contribution in [2.45, 2.75) is 79.4 Å². The largest absolute Gasteiger partial charge is 0.501 e. The average Bonchev–Trinajstić information content (AvgIpc) is 3.81. The van der Waals surface area contributed by atoms with Crippen molar-refractivity contribution in [3.63, 3.8) is 0 Å². The minimum atomic E-state index is -1.34. The first-order chi connectivity index (χ1) is 29.3. The molecule has 0 aliphatic carbocycles. The fourth-order valence-electron chi connectivity index (χ4n) is 8.48. The van der Waals surface area contributed by atoms with Crippen molar-refractivity contribution in [3.05, 3.63) is 163 Å². The first kappa shape index (κ1) is 44.6. The molecule has 0 atom stereocenters. The molecule has 0 aliphatic rings. The number of aromatic nitrogens is 4. The van der Waals surface area contributed by atoms with Crippen molar-refractivity contribution >= 4 is 46.2 Å². The third kappa shape index (κ3) is 9.03. The van der Waals surface area contributed by atoms with Gasteiger partial charge in [-0.25, -0.2) is 4.57 Å². The molecule has 9 aromatic rings. The Morgan fingerprint density at radius 3 is 2.10 bits per heavy atom. The van der Waals surface area contributed by atoms with Crippen molar-refractivity contribution in [1.29, 1.82) is 0 Å². The van der Waals surface area contributed by atoms with Crippen LogP contribution in [0.1, 0.15) is 70.1 Å². The quantitative estimate of drug-likeness (QED) is 0.0822. The molecule has 62 heavy (non-hydrogen) atoms. The van der Waals surface area contributed by atoms with E-state index in [1.165, 1.54) is 38.7 Å². The summed E-state index contributed by atoms with van der Waals surface area (Å²) in [5, 5.41) is 3.67. The van der Waals surface area contributed by atoms with Crippen LogP contribution in [0.2, 0.25) is 19.6 Å². The van der Waals surface area contributed by atoms with E-state index in [2.05, 4.69) is 185 Å². The number of furan rings is 1. The third-order valence-corrected chi connectivity index (χ3v) is 13.5. The van der Waals surface area contributed by atoms with Crippen LogP contribution in [-0.4, -0.2) is 22.6 Å².